The average molecular weight is 272 g/mol. The van der Waals surface area contributed by atoms with Crippen LogP contribution in [0.4, 0.5) is 0 Å². The molecule has 18 heavy (non-hydrogen) atoms. The van der Waals surface area contributed by atoms with Crippen molar-refractivity contribution in [3.05, 3.63) is 0 Å². The minimum atomic E-state index is -0.909. The summed E-state index contributed by atoms with van der Waals surface area (Å²) in [6.45, 7) is 0.939. The van der Waals surface area contributed by atoms with Crippen LogP contribution >= 0.6 is 11.8 Å². The van der Waals surface area contributed by atoms with Crippen molar-refractivity contribution in [1.82, 2.24) is 5.32 Å². The van der Waals surface area contributed by atoms with Gasteiger partial charge >= 0.3 is 5.97 Å². The average Bonchev–Trinajstić information content (AvgIpc) is 2.37. The third kappa shape index (κ3) is 4.20. The SMILES string of the molecule is N#CCSCC(=O)NCC1(C(=O)O)CCOCC1. The highest BCUT2D eigenvalue weighted by Crippen LogP contribution is 2.30. The second-order valence-corrected chi connectivity index (χ2v) is 5.11. The minimum absolute atomic E-state index is 0.123. The molecule has 0 aromatic carbocycles. The number of carboxylic acid groups (broad SMARTS) is 1. The molecule has 0 aromatic heterocycles. The van der Waals surface area contributed by atoms with Crippen molar-refractivity contribution < 1.29 is 19.4 Å². The van der Waals surface area contributed by atoms with Crippen molar-refractivity contribution in [3.8, 4) is 6.07 Å². The van der Waals surface area contributed by atoms with E-state index in [-0.39, 0.29) is 24.0 Å². The van der Waals surface area contributed by atoms with Crippen molar-refractivity contribution in [2.75, 3.05) is 31.3 Å². The summed E-state index contributed by atoms with van der Waals surface area (Å²) in [6, 6.07) is 1.93. The lowest BCUT2D eigenvalue weighted by Gasteiger charge is -2.33. The molecular weight excluding hydrogens is 256 g/mol. The number of nitriles is 1. The maximum atomic E-state index is 11.5. The summed E-state index contributed by atoms with van der Waals surface area (Å²) in [5.74, 6) is -0.691. The van der Waals surface area contributed by atoms with Crippen LogP contribution in [0.1, 0.15) is 12.8 Å². The Morgan fingerprint density at radius 3 is 2.67 bits per heavy atom. The van der Waals surface area contributed by atoms with E-state index in [2.05, 4.69) is 5.32 Å². The quantitative estimate of drug-likeness (QED) is 0.672. The highest BCUT2D eigenvalue weighted by atomic mass is 32.2. The molecule has 0 saturated carbocycles. The van der Waals surface area contributed by atoms with Gasteiger partial charge in [-0.15, -0.1) is 11.8 Å². The van der Waals surface area contributed by atoms with Crippen LogP contribution in [0.3, 0.4) is 0 Å². The molecule has 1 fully saturated rings. The van der Waals surface area contributed by atoms with Crippen LogP contribution in [0.5, 0.6) is 0 Å². The summed E-state index contributed by atoms with van der Waals surface area (Å²) in [6.07, 6.45) is 0.821. The van der Waals surface area contributed by atoms with Crippen molar-refractivity contribution >= 4 is 23.6 Å². The van der Waals surface area contributed by atoms with E-state index in [1.807, 2.05) is 6.07 Å². The number of ether oxygens (including phenoxy) is 1. The normalized spacial score (nSPS) is 17.7. The number of carbonyl (C=O) groups is 2. The lowest BCUT2D eigenvalue weighted by atomic mass is 9.80. The number of aliphatic carboxylic acids is 1. The Kier molecular flexibility index (Phi) is 5.95. The van der Waals surface area contributed by atoms with Gasteiger partial charge in [0, 0.05) is 19.8 Å². The standard InChI is InChI=1S/C11H16N2O4S/c12-3-6-18-7-9(14)13-8-11(10(15)16)1-4-17-5-2-11/h1-2,4-8H2,(H,13,14)(H,15,16). The molecule has 100 valence electrons. The van der Waals surface area contributed by atoms with Crippen molar-refractivity contribution in [1.29, 1.82) is 5.26 Å². The Labute approximate surface area is 110 Å². The molecule has 1 rings (SSSR count). The summed E-state index contributed by atoms with van der Waals surface area (Å²) in [7, 11) is 0. The predicted molar refractivity (Wildman–Crippen MR) is 66.1 cm³/mol. The van der Waals surface area contributed by atoms with E-state index in [0.29, 0.717) is 26.1 Å². The van der Waals surface area contributed by atoms with Gasteiger partial charge in [0.2, 0.25) is 5.91 Å². The van der Waals surface area contributed by atoms with E-state index < -0.39 is 11.4 Å². The van der Waals surface area contributed by atoms with E-state index >= 15 is 0 Å². The molecule has 7 heteroatoms. The van der Waals surface area contributed by atoms with Gasteiger partial charge in [-0.2, -0.15) is 5.26 Å². The van der Waals surface area contributed by atoms with Crippen molar-refractivity contribution in [2.24, 2.45) is 5.41 Å². The lowest BCUT2D eigenvalue weighted by molar-refractivity contribution is -0.154. The summed E-state index contributed by atoms with van der Waals surface area (Å²) in [5, 5.41) is 20.2. The first-order valence-electron chi connectivity index (χ1n) is 5.63. The predicted octanol–water partition coefficient (Wildman–Crippen LogP) is 0.241. The number of amides is 1. The topological polar surface area (TPSA) is 99.4 Å². The van der Waals surface area contributed by atoms with Crippen LogP contribution in [0.2, 0.25) is 0 Å². The maximum Gasteiger partial charge on any atom is 0.311 e. The molecule has 1 aliphatic heterocycles. The van der Waals surface area contributed by atoms with E-state index in [4.69, 9.17) is 10.00 Å². The first kappa shape index (κ1) is 14.8. The van der Waals surface area contributed by atoms with Gasteiger partial charge < -0.3 is 15.2 Å². The molecule has 1 heterocycles. The highest BCUT2D eigenvalue weighted by Gasteiger charge is 2.40. The van der Waals surface area contributed by atoms with E-state index in [0.717, 1.165) is 0 Å². The molecule has 0 aromatic rings. The molecule has 0 bridgehead atoms. The molecular formula is C11H16N2O4S. The van der Waals surface area contributed by atoms with E-state index in [1.54, 1.807) is 0 Å². The first-order chi connectivity index (χ1) is 8.60. The van der Waals surface area contributed by atoms with Crippen molar-refractivity contribution in [2.45, 2.75) is 12.8 Å². The number of carboxylic acids is 1. The van der Waals surface area contributed by atoms with E-state index in [1.165, 1.54) is 11.8 Å². The number of rotatable bonds is 6. The third-order valence-corrected chi connectivity index (χ3v) is 3.73. The van der Waals surface area contributed by atoms with Crippen LogP contribution in [0.15, 0.2) is 0 Å². The van der Waals surface area contributed by atoms with Gasteiger partial charge in [0.05, 0.1) is 23.0 Å². The van der Waals surface area contributed by atoms with Gasteiger partial charge in [-0.25, -0.2) is 0 Å². The largest absolute Gasteiger partial charge is 0.481 e. The zero-order valence-electron chi connectivity index (χ0n) is 9.98. The number of thioether (sulfide) groups is 1. The molecule has 0 aliphatic carbocycles. The fourth-order valence-electron chi connectivity index (χ4n) is 1.74. The molecule has 0 unspecified atom stereocenters. The second kappa shape index (κ2) is 7.24. The number of nitrogens with one attached hydrogen (secondary N) is 1. The Morgan fingerprint density at radius 2 is 2.11 bits per heavy atom. The molecule has 1 amide bonds. The Balaban J connectivity index is 2.40. The number of hydrogen-bond donors (Lipinski definition) is 2. The summed E-state index contributed by atoms with van der Waals surface area (Å²) < 4.78 is 5.14. The summed E-state index contributed by atoms with van der Waals surface area (Å²) in [4.78, 5) is 22.8. The van der Waals surface area contributed by atoms with Crippen LogP contribution in [0, 0.1) is 16.7 Å². The Bertz CT molecular complexity index is 347. The zero-order chi connectivity index (χ0) is 13.4. The van der Waals surface area contributed by atoms with Crippen LogP contribution in [0.25, 0.3) is 0 Å². The Morgan fingerprint density at radius 1 is 1.44 bits per heavy atom. The number of carbonyl (C=O) groups excluding carboxylic acids is 1. The molecule has 0 atom stereocenters. The van der Waals surface area contributed by atoms with Gasteiger partial charge in [0.25, 0.3) is 0 Å². The van der Waals surface area contributed by atoms with Gasteiger partial charge in [-0.05, 0) is 12.8 Å². The molecule has 2 N–H and O–H groups in total. The van der Waals surface area contributed by atoms with Crippen LogP contribution in [-0.2, 0) is 14.3 Å². The number of nitrogens with zero attached hydrogens (tertiary/aromatic N) is 1. The fourth-order valence-corrected chi connectivity index (χ4v) is 2.22. The molecule has 6 nitrogen and oxygen atoms in total. The minimum Gasteiger partial charge on any atom is -0.481 e. The highest BCUT2D eigenvalue weighted by molar-refractivity contribution is 8.00. The van der Waals surface area contributed by atoms with Gasteiger partial charge in [0.15, 0.2) is 0 Å². The number of hydrogen-bond acceptors (Lipinski definition) is 5. The maximum absolute atomic E-state index is 11.5. The monoisotopic (exact) mass is 272 g/mol. The smallest absolute Gasteiger partial charge is 0.311 e. The zero-order valence-corrected chi connectivity index (χ0v) is 10.8. The second-order valence-electron chi connectivity index (χ2n) is 4.13. The van der Waals surface area contributed by atoms with E-state index in [9.17, 15) is 14.7 Å². The molecule has 1 aliphatic rings. The molecule has 0 radical (unpaired) electrons. The lowest BCUT2D eigenvalue weighted by Crippen LogP contribution is -2.46. The third-order valence-electron chi connectivity index (χ3n) is 2.93. The van der Waals surface area contributed by atoms with Crippen molar-refractivity contribution in [3.63, 3.8) is 0 Å². The summed E-state index contributed by atoms with van der Waals surface area (Å²) >= 11 is 1.21. The summed E-state index contributed by atoms with van der Waals surface area (Å²) in [5.41, 5.74) is -0.909. The van der Waals surface area contributed by atoms with Crippen LogP contribution in [-0.4, -0.2) is 48.2 Å². The first-order valence-corrected chi connectivity index (χ1v) is 6.79. The van der Waals surface area contributed by atoms with Gasteiger partial charge in [-0.3, -0.25) is 9.59 Å². The Hall–Kier alpha value is -1.26. The molecule has 0 spiro atoms. The van der Waals surface area contributed by atoms with Crippen LogP contribution < -0.4 is 5.32 Å². The van der Waals surface area contributed by atoms with Gasteiger partial charge in [-0.1, -0.05) is 0 Å². The fraction of sp³-hybridized carbons (Fsp3) is 0.727. The van der Waals surface area contributed by atoms with Gasteiger partial charge in [0.1, 0.15) is 0 Å². The molecule has 1 saturated heterocycles.